The number of nitrogens with two attached hydrogens (primary N) is 1. The van der Waals surface area contributed by atoms with Crippen LogP contribution in [0.3, 0.4) is 0 Å². The summed E-state index contributed by atoms with van der Waals surface area (Å²) in [5.74, 6) is 1.46. The van der Waals surface area contributed by atoms with Crippen molar-refractivity contribution >= 4 is 18.3 Å². The molecule has 0 bridgehead atoms. The van der Waals surface area contributed by atoms with E-state index in [0.717, 1.165) is 5.92 Å². The van der Waals surface area contributed by atoms with Gasteiger partial charge in [-0.2, -0.15) is 0 Å². The summed E-state index contributed by atoms with van der Waals surface area (Å²) in [6.45, 7) is 6.26. The number of rotatable bonds is 5. The minimum absolute atomic E-state index is 0. The summed E-state index contributed by atoms with van der Waals surface area (Å²) in [6.07, 6.45) is 7.19. The topological polar surface area (TPSA) is 55.1 Å². The van der Waals surface area contributed by atoms with Gasteiger partial charge in [-0.25, -0.2) is 0 Å². The number of carbonyl (C=O) groups excluding carboxylic acids is 1. The van der Waals surface area contributed by atoms with Gasteiger partial charge in [-0.15, -0.1) is 12.4 Å². The van der Waals surface area contributed by atoms with E-state index in [1.807, 2.05) is 6.92 Å². The second-order valence-electron chi connectivity index (χ2n) is 5.79. The third-order valence-electron chi connectivity index (χ3n) is 4.08. The van der Waals surface area contributed by atoms with Crippen LogP contribution in [0.25, 0.3) is 0 Å². The Bertz CT molecular complexity index is 240. The molecule has 1 fully saturated rings. The molecule has 0 radical (unpaired) electrons. The Hall–Kier alpha value is -0.280. The van der Waals surface area contributed by atoms with Gasteiger partial charge in [0.25, 0.3) is 0 Å². The lowest BCUT2D eigenvalue weighted by Gasteiger charge is -2.32. The average molecular weight is 277 g/mol. The van der Waals surface area contributed by atoms with Gasteiger partial charge in [-0.3, -0.25) is 4.79 Å². The molecule has 4 heteroatoms. The Morgan fingerprint density at radius 2 is 1.78 bits per heavy atom. The lowest BCUT2D eigenvalue weighted by molar-refractivity contribution is -0.122. The molecule has 1 saturated carbocycles. The molecule has 3 nitrogen and oxygen atoms in total. The fraction of sp³-hybridized carbons (Fsp3) is 0.929. The Balaban J connectivity index is 0.00000289. The normalized spacial score (nSPS) is 21.6. The van der Waals surface area contributed by atoms with Gasteiger partial charge in [-0.05, 0) is 25.7 Å². The van der Waals surface area contributed by atoms with E-state index in [4.69, 9.17) is 5.73 Å². The molecule has 0 saturated heterocycles. The highest BCUT2D eigenvalue weighted by Gasteiger charge is 2.25. The molecule has 0 heterocycles. The summed E-state index contributed by atoms with van der Waals surface area (Å²) in [4.78, 5) is 11.7. The molecule has 3 N–H and O–H groups in total. The zero-order valence-electron chi connectivity index (χ0n) is 11.9. The molecule has 3 unspecified atom stereocenters. The number of hydrogen-bond donors (Lipinski definition) is 2. The number of halogens is 1. The zero-order valence-corrected chi connectivity index (χ0v) is 12.8. The van der Waals surface area contributed by atoms with Crippen molar-refractivity contribution in [3.8, 4) is 0 Å². The first-order valence-electron chi connectivity index (χ1n) is 7.05. The van der Waals surface area contributed by atoms with E-state index in [0.29, 0.717) is 12.3 Å². The molecule has 0 aromatic carbocycles. The van der Waals surface area contributed by atoms with Gasteiger partial charge < -0.3 is 11.1 Å². The summed E-state index contributed by atoms with van der Waals surface area (Å²) in [5.41, 5.74) is 5.63. The Kier molecular flexibility index (Phi) is 8.62. The maximum atomic E-state index is 11.7. The SMILES string of the molecule is CC(N)CC(=O)NC(C)C(C)C1CCCCC1.Cl. The van der Waals surface area contributed by atoms with Gasteiger partial charge in [0, 0.05) is 18.5 Å². The van der Waals surface area contributed by atoms with Gasteiger partial charge in [0.05, 0.1) is 0 Å². The van der Waals surface area contributed by atoms with Crippen LogP contribution in [0.15, 0.2) is 0 Å². The van der Waals surface area contributed by atoms with Crippen LogP contribution in [0.5, 0.6) is 0 Å². The van der Waals surface area contributed by atoms with Crippen LogP contribution in [0.4, 0.5) is 0 Å². The zero-order chi connectivity index (χ0) is 12.8. The summed E-state index contributed by atoms with van der Waals surface area (Å²) >= 11 is 0. The van der Waals surface area contributed by atoms with Crippen molar-refractivity contribution in [1.29, 1.82) is 0 Å². The highest BCUT2D eigenvalue weighted by atomic mass is 35.5. The quantitative estimate of drug-likeness (QED) is 0.811. The van der Waals surface area contributed by atoms with Crippen molar-refractivity contribution in [2.75, 3.05) is 0 Å². The molecule has 0 aliphatic heterocycles. The summed E-state index contributed by atoms with van der Waals surface area (Å²) < 4.78 is 0. The molecule has 1 amide bonds. The second-order valence-corrected chi connectivity index (χ2v) is 5.79. The predicted molar refractivity (Wildman–Crippen MR) is 78.9 cm³/mol. The predicted octanol–water partition coefficient (Wildman–Crippen LogP) is 2.87. The van der Waals surface area contributed by atoms with E-state index < -0.39 is 0 Å². The largest absolute Gasteiger partial charge is 0.353 e. The minimum Gasteiger partial charge on any atom is -0.353 e. The summed E-state index contributed by atoms with van der Waals surface area (Å²) in [6, 6.07) is 0.219. The van der Waals surface area contributed by atoms with Crippen molar-refractivity contribution in [2.45, 2.75) is 71.4 Å². The summed E-state index contributed by atoms with van der Waals surface area (Å²) in [5, 5.41) is 3.09. The standard InChI is InChI=1S/C14H28N2O.ClH/c1-10(15)9-14(17)16-12(3)11(2)13-7-5-4-6-8-13;/h10-13H,4-9,15H2,1-3H3,(H,16,17);1H. The van der Waals surface area contributed by atoms with Crippen LogP contribution in [0, 0.1) is 11.8 Å². The van der Waals surface area contributed by atoms with E-state index in [1.54, 1.807) is 0 Å². The lowest BCUT2D eigenvalue weighted by Crippen LogP contribution is -2.41. The maximum Gasteiger partial charge on any atom is 0.221 e. The maximum absolute atomic E-state index is 11.7. The molecule has 0 aromatic rings. The highest BCUT2D eigenvalue weighted by Crippen LogP contribution is 2.31. The molecule has 0 aromatic heterocycles. The van der Waals surface area contributed by atoms with Gasteiger partial charge in [0.15, 0.2) is 0 Å². The van der Waals surface area contributed by atoms with Crippen LogP contribution in [-0.4, -0.2) is 18.0 Å². The third kappa shape index (κ3) is 6.05. The Labute approximate surface area is 118 Å². The molecule has 108 valence electrons. The third-order valence-corrected chi connectivity index (χ3v) is 4.08. The van der Waals surface area contributed by atoms with Gasteiger partial charge in [0.2, 0.25) is 5.91 Å². The molecular weight excluding hydrogens is 248 g/mol. The van der Waals surface area contributed by atoms with Crippen LogP contribution >= 0.6 is 12.4 Å². The molecule has 1 aliphatic carbocycles. The smallest absolute Gasteiger partial charge is 0.221 e. The molecule has 1 aliphatic rings. The van der Waals surface area contributed by atoms with Crippen molar-refractivity contribution in [3.05, 3.63) is 0 Å². The van der Waals surface area contributed by atoms with E-state index in [2.05, 4.69) is 19.2 Å². The average Bonchev–Trinajstić information content (AvgIpc) is 2.28. The van der Waals surface area contributed by atoms with Crippen LogP contribution < -0.4 is 11.1 Å². The molecule has 18 heavy (non-hydrogen) atoms. The summed E-state index contributed by atoms with van der Waals surface area (Å²) in [7, 11) is 0. The van der Waals surface area contributed by atoms with Crippen molar-refractivity contribution < 1.29 is 4.79 Å². The first kappa shape index (κ1) is 17.7. The van der Waals surface area contributed by atoms with Crippen molar-refractivity contribution in [3.63, 3.8) is 0 Å². The fourth-order valence-electron chi connectivity index (χ4n) is 2.80. The van der Waals surface area contributed by atoms with E-state index >= 15 is 0 Å². The van der Waals surface area contributed by atoms with Gasteiger partial charge in [-0.1, -0.05) is 39.0 Å². The first-order valence-corrected chi connectivity index (χ1v) is 7.05. The minimum atomic E-state index is -0.0489. The lowest BCUT2D eigenvalue weighted by atomic mass is 9.78. The number of nitrogens with one attached hydrogen (secondary N) is 1. The molecule has 1 rings (SSSR count). The number of carbonyl (C=O) groups is 1. The van der Waals surface area contributed by atoms with E-state index in [-0.39, 0.29) is 30.4 Å². The van der Waals surface area contributed by atoms with Crippen LogP contribution in [0.2, 0.25) is 0 Å². The van der Waals surface area contributed by atoms with Crippen LogP contribution in [-0.2, 0) is 4.79 Å². The van der Waals surface area contributed by atoms with Gasteiger partial charge >= 0.3 is 0 Å². The van der Waals surface area contributed by atoms with Gasteiger partial charge in [0.1, 0.15) is 0 Å². The number of amides is 1. The Morgan fingerprint density at radius 1 is 1.22 bits per heavy atom. The molecule has 0 spiro atoms. The second kappa shape index (κ2) is 8.76. The highest BCUT2D eigenvalue weighted by molar-refractivity contribution is 5.85. The molecular formula is C14H29ClN2O. The van der Waals surface area contributed by atoms with Crippen molar-refractivity contribution in [2.24, 2.45) is 17.6 Å². The van der Waals surface area contributed by atoms with Crippen LogP contribution in [0.1, 0.15) is 59.3 Å². The first-order chi connectivity index (χ1) is 8.00. The van der Waals surface area contributed by atoms with E-state index in [1.165, 1.54) is 32.1 Å². The Morgan fingerprint density at radius 3 is 2.28 bits per heavy atom. The number of hydrogen-bond acceptors (Lipinski definition) is 2. The van der Waals surface area contributed by atoms with E-state index in [9.17, 15) is 4.79 Å². The monoisotopic (exact) mass is 276 g/mol. The fourth-order valence-corrected chi connectivity index (χ4v) is 2.80. The van der Waals surface area contributed by atoms with Crippen molar-refractivity contribution in [1.82, 2.24) is 5.32 Å². The molecule has 3 atom stereocenters.